The minimum Gasteiger partial charge on any atom is -0.374 e. The molecular formula is C12H25NO. The van der Waals surface area contributed by atoms with Crippen LogP contribution in [0.2, 0.25) is 0 Å². The summed E-state index contributed by atoms with van der Waals surface area (Å²) in [5.74, 6) is 0.730. The maximum Gasteiger partial charge on any atom is 0.0811 e. The largest absolute Gasteiger partial charge is 0.374 e. The summed E-state index contributed by atoms with van der Waals surface area (Å²) in [5.41, 5.74) is 6.22. The molecule has 1 saturated carbocycles. The van der Waals surface area contributed by atoms with Gasteiger partial charge in [-0.2, -0.15) is 0 Å². The summed E-state index contributed by atoms with van der Waals surface area (Å²) in [6.45, 7) is 10.5. The van der Waals surface area contributed by atoms with Crippen LogP contribution in [0.1, 0.15) is 47.0 Å². The minimum atomic E-state index is -0.0457. The van der Waals surface area contributed by atoms with Crippen molar-refractivity contribution in [3.8, 4) is 0 Å². The molecule has 14 heavy (non-hydrogen) atoms. The van der Waals surface area contributed by atoms with Gasteiger partial charge in [0.05, 0.1) is 5.60 Å². The molecule has 0 aromatic carbocycles. The van der Waals surface area contributed by atoms with E-state index in [9.17, 15) is 0 Å². The lowest BCUT2D eigenvalue weighted by Gasteiger charge is -2.46. The molecule has 0 saturated heterocycles. The van der Waals surface area contributed by atoms with Crippen LogP contribution in [-0.4, -0.2) is 18.8 Å². The number of ether oxygens (including phenoxy) is 1. The van der Waals surface area contributed by atoms with E-state index in [1.54, 1.807) is 0 Å². The lowest BCUT2D eigenvalue weighted by Crippen LogP contribution is -2.49. The summed E-state index contributed by atoms with van der Waals surface area (Å²) >= 11 is 0. The van der Waals surface area contributed by atoms with Crippen molar-refractivity contribution < 1.29 is 4.74 Å². The van der Waals surface area contributed by atoms with Gasteiger partial charge in [0, 0.05) is 13.2 Å². The summed E-state index contributed by atoms with van der Waals surface area (Å²) in [4.78, 5) is 0. The molecule has 0 heterocycles. The molecule has 2 nitrogen and oxygen atoms in total. The Morgan fingerprint density at radius 2 is 2.00 bits per heavy atom. The molecule has 0 spiro atoms. The zero-order valence-corrected chi connectivity index (χ0v) is 10.1. The van der Waals surface area contributed by atoms with Crippen molar-refractivity contribution in [1.29, 1.82) is 0 Å². The molecule has 0 aliphatic heterocycles. The van der Waals surface area contributed by atoms with Gasteiger partial charge in [-0.15, -0.1) is 0 Å². The predicted octanol–water partition coefficient (Wildman–Crippen LogP) is 2.57. The van der Waals surface area contributed by atoms with E-state index in [4.69, 9.17) is 10.5 Å². The Kier molecular flexibility index (Phi) is 3.59. The first kappa shape index (κ1) is 12.0. The molecule has 0 amide bonds. The first-order chi connectivity index (χ1) is 6.43. The Balaban J connectivity index is 2.75. The lowest BCUT2D eigenvalue weighted by atomic mass is 9.65. The van der Waals surface area contributed by atoms with Crippen LogP contribution in [-0.2, 0) is 4.74 Å². The smallest absolute Gasteiger partial charge is 0.0811 e. The van der Waals surface area contributed by atoms with E-state index in [1.165, 1.54) is 6.42 Å². The lowest BCUT2D eigenvalue weighted by molar-refractivity contribution is -0.100. The number of hydrogen-bond donors (Lipinski definition) is 1. The fraction of sp³-hybridized carbons (Fsp3) is 1.00. The SMILES string of the molecule is CCOC1(CN)CC(C)CC(C)(C)C1. The van der Waals surface area contributed by atoms with Crippen LogP contribution in [0.5, 0.6) is 0 Å². The number of rotatable bonds is 3. The summed E-state index contributed by atoms with van der Waals surface area (Å²) < 4.78 is 5.90. The van der Waals surface area contributed by atoms with Crippen LogP contribution < -0.4 is 5.73 Å². The molecule has 0 bridgehead atoms. The van der Waals surface area contributed by atoms with Crippen LogP contribution in [0.3, 0.4) is 0 Å². The monoisotopic (exact) mass is 199 g/mol. The summed E-state index contributed by atoms with van der Waals surface area (Å²) in [6.07, 6.45) is 3.53. The van der Waals surface area contributed by atoms with Crippen molar-refractivity contribution in [1.82, 2.24) is 0 Å². The van der Waals surface area contributed by atoms with Gasteiger partial charge < -0.3 is 10.5 Å². The van der Waals surface area contributed by atoms with Crippen molar-refractivity contribution in [2.45, 2.75) is 52.6 Å². The molecule has 0 aromatic rings. The van der Waals surface area contributed by atoms with Gasteiger partial charge in [0.2, 0.25) is 0 Å². The molecule has 0 aromatic heterocycles. The standard InChI is InChI=1S/C12H25NO/c1-5-14-12(9-13)7-10(2)6-11(3,4)8-12/h10H,5-9,13H2,1-4H3. The van der Waals surface area contributed by atoms with Crippen LogP contribution in [0.25, 0.3) is 0 Å². The first-order valence-corrected chi connectivity index (χ1v) is 5.77. The van der Waals surface area contributed by atoms with Crippen molar-refractivity contribution >= 4 is 0 Å². The van der Waals surface area contributed by atoms with Crippen LogP contribution in [0, 0.1) is 11.3 Å². The second-order valence-corrected chi connectivity index (χ2v) is 5.67. The third kappa shape index (κ3) is 2.71. The van der Waals surface area contributed by atoms with Crippen molar-refractivity contribution in [2.24, 2.45) is 17.1 Å². The zero-order valence-electron chi connectivity index (χ0n) is 10.1. The van der Waals surface area contributed by atoms with Gasteiger partial charge in [-0.1, -0.05) is 20.8 Å². The van der Waals surface area contributed by atoms with Crippen LogP contribution in [0.15, 0.2) is 0 Å². The van der Waals surface area contributed by atoms with E-state index in [0.29, 0.717) is 12.0 Å². The van der Waals surface area contributed by atoms with Gasteiger partial charge in [0.1, 0.15) is 0 Å². The average molecular weight is 199 g/mol. The normalized spacial score (nSPS) is 37.1. The number of nitrogens with two attached hydrogens (primary N) is 1. The average Bonchev–Trinajstić information content (AvgIpc) is 2.00. The molecule has 2 heteroatoms. The van der Waals surface area contributed by atoms with E-state index >= 15 is 0 Å². The summed E-state index contributed by atoms with van der Waals surface area (Å²) in [7, 11) is 0. The van der Waals surface area contributed by atoms with Crippen molar-refractivity contribution in [3.63, 3.8) is 0 Å². The second-order valence-electron chi connectivity index (χ2n) is 5.67. The van der Waals surface area contributed by atoms with E-state index in [2.05, 4.69) is 27.7 Å². The summed E-state index contributed by atoms with van der Waals surface area (Å²) in [6, 6.07) is 0. The third-order valence-electron chi connectivity index (χ3n) is 3.24. The molecule has 0 radical (unpaired) electrons. The first-order valence-electron chi connectivity index (χ1n) is 5.77. The maximum atomic E-state index is 5.90. The Labute approximate surface area is 88.2 Å². The fourth-order valence-corrected chi connectivity index (χ4v) is 3.30. The van der Waals surface area contributed by atoms with E-state index in [0.717, 1.165) is 25.4 Å². The maximum absolute atomic E-state index is 5.90. The van der Waals surface area contributed by atoms with Crippen LogP contribution in [0.4, 0.5) is 0 Å². The fourth-order valence-electron chi connectivity index (χ4n) is 3.30. The highest BCUT2D eigenvalue weighted by atomic mass is 16.5. The molecule has 1 aliphatic rings. The van der Waals surface area contributed by atoms with Gasteiger partial charge in [0.15, 0.2) is 0 Å². The zero-order chi connectivity index (χ0) is 10.8. The molecular weight excluding hydrogens is 174 g/mol. The second kappa shape index (κ2) is 4.19. The molecule has 84 valence electrons. The van der Waals surface area contributed by atoms with Crippen LogP contribution >= 0.6 is 0 Å². The van der Waals surface area contributed by atoms with Gasteiger partial charge in [-0.05, 0) is 37.5 Å². The Morgan fingerprint density at radius 3 is 2.43 bits per heavy atom. The quantitative estimate of drug-likeness (QED) is 0.758. The van der Waals surface area contributed by atoms with Crippen molar-refractivity contribution in [3.05, 3.63) is 0 Å². The Bertz CT molecular complexity index is 191. The molecule has 2 atom stereocenters. The summed E-state index contributed by atoms with van der Waals surface area (Å²) in [5, 5.41) is 0. The molecule has 1 rings (SSSR count). The topological polar surface area (TPSA) is 35.2 Å². The Hall–Kier alpha value is -0.0800. The highest BCUT2D eigenvalue weighted by molar-refractivity contribution is 4.95. The highest BCUT2D eigenvalue weighted by Gasteiger charge is 2.42. The van der Waals surface area contributed by atoms with E-state index < -0.39 is 0 Å². The third-order valence-corrected chi connectivity index (χ3v) is 3.24. The Morgan fingerprint density at radius 1 is 1.36 bits per heavy atom. The van der Waals surface area contributed by atoms with Gasteiger partial charge in [-0.25, -0.2) is 0 Å². The molecule has 1 fully saturated rings. The predicted molar refractivity (Wildman–Crippen MR) is 60.2 cm³/mol. The molecule has 2 unspecified atom stereocenters. The van der Waals surface area contributed by atoms with Crippen molar-refractivity contribution in [2.75, 3.05) is 13.2 Å². The minimum absolute atomic E-state index is 0.0457. The van der Waals surface area contributed by atoms with E-state index in [-0.39, 0.29) is 5.60 Å². The van der Waals surface area contributed by atoms with Gasteiger partial charge in [-0.3, -0.25) is 0 Å². The van der Waals surface area contributed by atoms with Gasteiger partial charge in [0.25, 0.3) is 0 Å². The number of hydrogen-bond acceptors (Lipinski definition) is 2. The molecule has 1 aliphatic carbocycles. The van der Waals surface area contributed by atoms with E-state index in [1.807, 2.05) is 0 Å². The van der Waals surface area contributed by atoms with Gasteiger partial charge >= 0.3 is 0 Å². The highest BCUT2D eigenvalue weighted by Crippen LogP contribution is 2.45. The molecule has 2 N–H and O–H groups in total.